The maximum Gasteiger partial charge on any atom is 0.0121 e. The highest BCUT2D eigenvalue weighted by molar-refractivity contribution is 4.83. The third-order valence-electron chi connectivity index (χ3n) is 7.24. The Morgan fingerprint density at radius 2 is 1.38 bits per heavy atom. The van der Waals surface area contributed by atoms with Crippen molar-refractivity contribution in [2.75, 3.05) is 52.9 Å². The Bertz CT molecular complexity index is 335. The fraction of sp³-hybridized carbons (Fsp3) is 1.00. The van der Waals surface area contributed by atoms with Crippen LogP contribution in [0.25, 0.3) is 0 Å². The van der Waals surface area contributed by atoms with Gasteiger partial charge in [-0.05, 0) is 64.2 Å². The number of piperidine rings is 1. The normalized spacial score (nSPS) is 32.2. The van der Waals surface area contributed by atoms with E-state index in [-0.39, 0.29) is 0 Å². The van der Waals surface area contributed by atoms with Crippen LogP contribution in [0.5, 0.6) is 0 Å². The van der Waals surface area contributed by atoms with Crippen LogP contribution in [0.4, 0.5) is 0 Å². The Hall–Kier alpha value is -0.120. The maximum absolute atomic E-state index is 2.79. The standard InChI is InChI=1S/C21H41N3/c1-3-19-6-8-20(9-7-19)5-4-12-23-15-17-24(18-16-23)21-10-13-22(2)14-11-21/h19-21H,3-18H2,1-2H3. The molecule has 0 spiro atoms. The minimum Gasteiger partial charge on any atom is -0.306 e. The number of rotatable bonds is 6. The average Bonchev–Trinajstić information content (AvgIpc) is 2.64. The van der Waals surface area contributed by atoms with Crippen LogP contribution in [-0.4, -0.2) is 73.6 Å². The highest BCUT2D eigenvalue weighted by atomic mass is 15.3. The van der Waals surface area contributed by atoms with E-state index in [0.29, 0.717) is 0 Å². The first-order chi connectivity index (χ1) is 11.7. The van der Waals surface area contributed by atoms with Crippen molar-refractivity contribution in [3.05, 3.63) is 0 Å². The molecule has 0 amide bonds. The lowest BCUT2D eigenvalue weighted by Gasteiger charge is -2.42. The van der Waals surface area contributed by atoms with Crippen molar-refractivity contribution in [2.24, 2.45) is 11.8 Å². The molecule has 3 rings (SSSR count). The van der Waals surface area contributed by atoms with Gasteiger partial charge in [0.05, 0.1) is 0 Å². The van der Waals surface area contributed by atoms with Gasteiger partial charge in [-0.15, -0.1) is 0 Å². The minimum absolute atomic E-state index is 0.872. The molecule has 0 bridgehead atoms. The average molecular weight is 336 g/mol. The van der Waals surface area contributed by atoms with Gasteiger partial charge in [0, 0.05) is 32.2 Å². The smallest absolute Gasteiger partial charge is 0.0121 e. The van der Waals surface area contributed by atoms with Gasteiger partial charge in [0.2, 0.25) is 0 Å². The van der Waals surface area contributed by atoms with Gasteiger partial charge in [-0.2, -0.15) is 0 Å². The summed E-state index contributed by atoms with van der Waals surface area (Å²) in [6, 6.07) is 0.872. The molecule has 0 aromatic carbocycles. The molecule has 0 unspecified atom stereocenters. The third kappa shape index (κ3) is 5.44. The predicted octanol–water partition coefficient (Wildman–Crippen LogP) is 3.69. The van der Waals surface area contributed by atoms with Crippen molar-refractivity contribution in [3.8, 4) is 0 Å². The van der Waals surface area contributed by atoms with Crippen LogP contribution >= 0.6 is 0 Å². The van der Waals surface area contributed by atoms with E-state index in [4.69, 9.17) is 0 Å². The zero-order valence-electron chi connectivity index (χ0n) is 16.4. The van der Waals surface area contributed by atoms with Gasteiger partial charge in [0.25, 0.3) is 0 Å². The van der Waals surface area contributed by atoms with Crippen molar-refractivity contribution in [1.29, 1.82) is 0 Å². The molecule has 3 aliphatic rings. The lowest BCUT2D eigenvalue weighted by atomic mass is 9.79. The van der Waals surface area contributed by atoms with Crippen molar-refractivity contribution >= 4 is 0 Å². The highest BCUT2D eigenvalue weighted by Crippen LogP contribution is 2.33. The Balaban J connectivity index is 1.26. The largest absolute Gasteiger partial charge is 0.306 e. The van der Waals surface area contributed by atoms with E-state index in [9.17, 15) is 0 Å². The number of piperazine rings is 1. The van der Waals surface area contributed by atoms with E-state index >= 15 is 0 Å². The SMILES string of the molecule is CCC1CCC(CCCN2CCN(C3CCN(C)CC3)CC2)CC1. The van der Waals surface area contributed by atoms with Crippen molar-refractivity contribution in [3.63, 3.8) is 0 Å². The molecule has 1 saturated carbocycles. The zero-order chi connectivity index (χ0) is 16.8. The van der Waals surface area contributed by atoms with Gasteiger partial charge < -0.3 is 9.80 Å². The van der Waals surface area contributed by atoms with Gasteiger partial charge in [0.15, 0.2) is 0 Å². The molecule has 3 fully saturated rings. The lowest BCUT2D eigenvalue weighted by Crippen LogP contribution is -2.52. The van der Waals surface area contributed by atoms with Crippen LogP contribution in [0.15, 0.2) is 0 Å². The van der Waals surface area contributed by atoms with Crippen LogP contribution in [-0.2, 0) is 0 Å². The van der Waals surface area contributed by atoms with Gasteiger partial charge in [-0.25, -0.2) is 0 Å². The summed E-state index contributed by atoms with van der Waals surface area (Å²) in [5, 5.41) is 0. The first-order valence-electron chi connectivity index (χ1n) is 10.9. The van der Waals surface area contributed by atoms with Gasteiger partial charge in [-0.3, -0.25) is 4.90 Å². The molecular formula is C21H41N3. The number of hydrogen-bond acceptors (Lipinski definition) is 3. The van der Waals surface area contributed by atoms with E-state index in [2.05, 4.69) is 28.7 Å². The predicted molar refractivity (Wildman–Crippen MR) is 104 cm³/mol. The van der Waals surface area contributed by atoms with Gasteiger partial charge >= 0.3 is 0 Å². The molecular weight excluding hydrogens is 294 g/mol. The molecule has 24 heavy (non-hydrogen) atoms. The lowest BCUT2D eigenvalue weighted by molar-refractivity contribution is 0.0632. The molecule has 2 saturated heterocycles. The second kappa shape index (κ2) is 9.54. The molecule has 3 nitrogen and oxygen atoms in total. The van der Waals surface area contributed by atoms with E-state index < -0.39 is 0 Å². The Morgan fingerprint density at radius 3 is 2.00 bits per heavy atom. The fourth-order valence-electron chi connectivity index (χ4n) is 5.24. The van der Waals surface area contributed by atoms with Crippen molar-refractivity contribution in [1.82, 2.24) is 14.7 Å². The first kappa shape index (κ1) is 18.7. The summed E-state index contributed by atoms with van der Waals surface area (Å²) in [5.41, 5.74) is 0. The Morgan fingerprint density at radius 1 is 0.750 bits per heavy atom. The zero-order valence-corrected chi connectivity index (χ0v) is 16.4. The van der Waals surface area contributed by atoms with E-state index in [1.54, 1.807) is 0 Å². The quantitative estimate of drug-likeness (QED) is 0.733. The molecule has 0 atom stereocenters. The van der Waals surface area contributed by atoms with Crippen molar-refractivity contribution < 1.29 is 0 Å². The summed E-state index contributed by atoms with van der Waals surface area (Å²) in [5.74, 6) is 2.10. The summed E-state index contributed by atoms with van der Waals surface area (Å²) in [6.07, 6.45) is 13.2. The van der Waals surface area contributed by atoms with E-state index in [1.165, 1.54) is 104 Å². The summed E-state index contributed by atoms with van der Waals surface area (Å²) in [7, 11) is 2.27. The first-order valence-corrected chi connectivity index (χ1v) is 10.9. The topological polar surface area (TPSA) is 9.72 Å². The number of nitrogens with zero attached hydrogens (tertiary/aromatic N) is 3. The molecule has 0 aromatic heterocycles. The third-order valence-corrected chi connectivity index (χ3v) is 7.24. The Kier molecular flexibility index (Phi) is 7.42. The Labute approximate surface area is 150 Å². The molecule has 2 aliphatic heterocycles. The highest BCUT2D eigenvalue weighted by Gasteiger charge is 2.26. The van der Waals surface area contributed by atoms with Crippen LogP contribution in [0.3, 0.4) is 0 Å². The van der Waals surface area contributed by atoms with Gasteiger partial charge in [-0.1, -0.05) is 39.0 Å². The molecule has 0 N–H and O–H groups in total. The fourth-order valence-corrected chi connectivity index (χ4v) is 5.24. The monoisotopic (exact) mass is 335 g/mol. The second-order valence-corrected chi connectivity index (χ2v) is 8.85. The van der Waals surface area contributed by atoms with Crippen LogP contribution < -0.4 is 0 Å². The number of likely N-dealkylation sites (tertiary alicyclic amines) is 1. The molecule has 0 aromatic rings. The molecule has 140 valence electrons. The van der Waals surface area contributed by atoms with Crippen LogP contribution in [0, 0.1) is 11.8 Å². The van der Waals surface area contributed by atoms with Crippen LogP contribution in [0.2, 0.25) is 0 Å². The van der Waals surface area contributed by atoms with E-state index in [1.807, 2.05) is 0 Å². The van der Waals surface area contributed by atoms with Gasteiger partial charge in [0.1, 0.15) is 0 Å². The summed E-state index contributed by atoms with van der Waals surface area (Å²) >= 11 is 0. The van der Waals surface area contributed by atoms with E-state index in [0.717, 1.165) is 17.9 Å². The molecule has 3 heteroatoms. The van der Waals surface area contributed by atoms with Crippen molar-refractivity contribution in [2.45, 2.75) is 70.8 Å². The second-order valence-electron chi connectivity index (χ2n) is 8.85. The minimum atomic E-state index is 0.872. The molecule has 0 radical (unpaired) electrons. The molecule has 2 heterocycles. The summed E-state index contributed by atoms with van der Waals surface area (Å²) in [6.45, 7) is 11.6. The maximum atomic E-state index is 2.79. The summed E-state index contributed by atoms with van der Waals surface area (Å²) < 4.78 is 0. The number of hydrogen-bond donors (Lipinski definition) is 0. The van der Waals surface area contributed by atoms with Crippen LogP contribution in [0.1, 0.15) is 64.7 Å². The molecule has 1 aliphatic carbocycles. The summed E-state index contributed by atoms with van der Waals surface area (Å²) in [4.78, 5) is 8.01.